The van der Waals surface area contributed by atoms with E-state index in [1.54, 1.807) is 42.7 Å². The van der Waals surface area contributed by atoms with Crippen molar-refractivity contribution in [2.45, 2.75) is 0 Å². The molecule has 2 heterocycles. The largest absolute Gasteiger partial charge is 0.485 e. The highest BCUT2D eigenvalue weighted by molar-refractivity contribution is 5.98. The molecule has 0 spiro atoms. The van der Waals surface area contributed by atoms with Crippen LogP contribution in [0, 0.1) is 5.82 Å². The van der Waals surface area contributed by atoms with Crippen LogP contribution in [-0.2, 0) is 0 Å². The molecule has 4 rings (SSSR count). The molecule has 2 aromatic rings. The highest BCUT2D eigenvalue weighted by Gasteiger charge is 2.21. The van der Waals surface area contributed by atoms with E-state index in [0.717, 1.165) is 31.9 Å². The van der Waals surface area contributed by atoms with Gasteiger partial charge in [-0.2, -0.15) is 0 Å². The summed E-state index contributed by atoms with van der Waals surface area (Å²) >= 11 is 0. The highest BCUT2D eigenvalue weighted by Crippen LogP contribution is 2.30. The van der Waals surface area contributed by atoms with Gasteiger partial charge in [0.1, 0.15) is 12.4 Å². The number of Topliss-reactive ketones (excluding diaryl/α,β-unsaturated/α-hetero) is 1. The fourth-order valence-corrected chi connectivity index (χ4v) is 3.30. The van der Waals surface area contributed by atoms with Crippen LogP contribution < -0.4 is 14.4 Å². The van der Waals surface area contributed by atoms with Crippen molar-refractivity contribution in [3.63, 3.8) is 0 Å². The lowest BCUT2D eigenvalue weighted by Gasteiger charge is -2.35. The van der Waals surface area contributed by atoms with Crippen molar-refractivity contribution in [2.24, 2.45) is 0 Å². The second kappa shape index (κ2) is 7.80. The zero-order chi connectivity index (χ0) is 18.6. The van der Waals surface area contributed by atoms with Gasteiger partial charge < -0.3 is 14.4 Å². The van der Waals surface area contributed by atoms with E-state index in [9.17, 15) is 9.18 Å². The molecule has 0 amide bonds. The zero-order valence-corrected chi connectivity index (χ0v) is 14.9. The molecule has 5 nitrogen and oxygen atoms in total. The molecule has 2 aliphatic rings. The Labute approximate surface area is 157 Å². The van der Waals surface area contributed by atoms with Crippen LogP contribution in [0.25, 0.3) is 0 Å². The van der Waals surface area contributed by atoms with Crippen LogP contribution in [0.5, 0.6) is 11.5 Å². The quantitative estimate of drug-likeness (QED) is 0.776. The van der Waals surface area contributed by atoms with Crippen LogP contribution >= 0.6 is 0 Å². The number of anilines is 1. The summed E-state index contributed by atoms with van der Waals surface area (Å²) in [5.74, 6) is 1.04. The molecule has 1 saturated heterocycles. The van der Waals surface area contributed by atoms with Gasteiger partial charge in [0, 0.05) is 37.4 Å². The topological polar surface area (TPSA) is 42.0 Å². The van der Waals surface area contributed by atoms with Gasteiger partial charge in [0.2, 0.25) is 0 Å². The number of rotatable bonds is 4. The number of hydrogen-bond acceptors (Lipinski definition) is 5. The van der Waals surface area contributed by atoms with E-state index in [4.69, 9.17) is 9.47 Å². The minimum atomic E-state index is -0.228. The number of carbonyl (C=O) groups excluding carboxylic acids is 1. The molecule has 0 bridgehead atoms. The third kappa shape index (κ3) is 4.11. The van der Waals surface area contributed by atoms with Crippen molar-refractivity contribution < 1.29 is 18.7 Å². The molecule has 2 aliphatic heterocycles. The summed E-state index contributed by atoms with van der Waals surface area (Å²) in [6, 6.07) is 11.8. The lowest BCUT2D eigenvalue weighted by molar-refractivity contribution is 0.0926. The Balaban J connectivity index is 1.34. The van der Waals surface area contributed by atoms with Crippen LogP contribution in [0.4, 0.5) is 10.1 Å². The number of carbonyl (C=O) groups is 1. The van der Waals surface area contributed by atoms with Crippen molar-refractivity contribution in [3.8, 4) is 11.5 Å². The molecule has 0 saturated carbocycles. The van der Waals surface area contributed by atoms with Gasteiger partial charge in [0.05, 0.1) is 12.8 Å². The Morgan fingerprint density at radius 3 is 2.56 bits per heavy atom. The van der Waals surface area contributed by atoms with Gasteiger partial charge in [0.25, 0.3) is 0 Å². The molecule has 0 unspecified atom stereocenters. The average Bonchev–Trinajstić information content (AvgIpc) is 2.94. The molecule has 0 N–H and O–H groups in total. The van der Waals surface area contributed by atoms with Crippen LogP contribution in [0.15, 0.2) is 54.8 Å². The van der Waals surface area contributed by atoms with E-state index in [1.165, 1.54) is 12.1 Å². The smallest absolute Gasteiger partial charge is 0.176 e. The van der Waals surface area contributed by atoms with E-state index in [1.807, 2.05) is 0 Å². The summed E-state index contributed by atoms with van der Waals surface area (Å²) in [6.45, 7) is 4.00. The third-order valence-corrected chi connectivity index (χ3v) is 4.82. The van der Waals surface area contributed by atoms with Crippen molar-refractivity contribution in [3.05, 3.63) is 66.2 Å². The summed E-state index contributed by atoms with van der Waals surface area (Å²) in [7, 11) is 0. The van der Waals surface area contributed by atoms with Crippen molar-refractivity contribution in [1.82, 2.24) is 4.90 Å². The van der Waals surface area contributed by atoms with Gasteiger partial charge >= 0.3 is 0 Å². The molecule has 0 aliphatic carbocycles. The SMILES string of the molecule is O=C(CN1CCN(c2ccc(F)cc2)CC1)c1ccc2c(c1)OCC=CO2. The Morgan fingerprint density at radius 1 is 1.00 bits per heavy atom. The fourth-order valence-electron chi connectivity index (χ4n) is 3.30. The lowest BCUT2D eigenvalue weighted by Crippen LogP contribution is -2.48. The van der Waals surface area contributed by atoms with E-state index in [0.29, 0.717) is 30.2 Å². The number of nitrogens with zero attached hydrogens (tertiary/aromatic N) is 2. The average molecular weight is 368 g/mol. The highest BCUT2D eigenvalue weighted by atomic mass is 19.1. The van der Waals surface area contributed by atoms with E-state index >= 15 is 0 Å². The first-order valence-corrected chi connectivity index (χ1v) is 9.04. The normalized spacial score (nSPS) is 16.9. The summed E-state index contributed by atoms with van der Waals surface area (Å²) in [4.78, 5) is 17.0. The first-order valence-electron chi connectivity index (χ1n) is 9.04. The van der Waals surface area contributed by atoms with Gasteiger partial charge in [-0.05, 0) is 48.5 Å². The zero-order valence-electron chi connectivity index (χ0n) is 14.9. The van der Waals surface area contributed by atoms with E-state index in [2.05, 4.69) is 9.80 Å². The van der Waals surface area contributed by atoms with Gasteiger partial charge in [-0.1, -0.05) is 0 Å². The monoisotopic (exact) mass is 368 g/mol. The van der Waals surface area contributed by atoms with E-state index < -0.39 is 0 Å². The molecule has 0 atom stereocenters. The predicted octanol–water partition coefficient (Wildman–Crippen LogP) is 3.12. The Bertz CT molecular complexity index is 843. The fraction of sp³-hybridized carbons (Fsp3) is 0.286. The minimum absolute atomic E-state index is 0.0637. The third-order valence-electron chi connectivity index (χ3n) is 4.82. The molecule has 0 aromatic heterocycles. The van der Waals surface area contributed by atoms with Crippen LogP contribution in [0.2, 0.25) is 0 Å². The second-order valence-corrected chi connectivity index (χ2v) is 6.62. The molecule has 140 valence electrons. The van der Waals surface area contributed by atoms with Crippen molar-refractivity contribution in [1.29, 1.82) is 0 Å². The molecule has 6 heteroatoms. The molecular formula is C21H21FN2O3. The van der Waals surface area contributed by atoms with Crippen molar-refractivity contribution in [2.75, 3.05) is 44.2 Å². The number of hydrogen-bond donors (Lipinski definition) is 0. The molecule has 1 fully saturated rings. The summed E-state index contributed by atoms with van der Waals surface area (Å²) in [5.41, 5.74) is 1.64. The molecule has 0 radical (unpaired) electrons. The first-order chi connectivity index (χ1) is 13.2. The van der Waals surface area contributed by atoms with Crippen LogP contribution in [0.1, 0.15) is 10.4 Å². The lowest BCUT2D eigenvalue weighted by atomic mass is 10.1. The number of halogens is 1. The molecule has 2 aromatic carbocycles. The van der Waals surface area contributed by atoms with E-state index in [-0.39, 0.29) is 11.6 Å². The summed E-state index contributed by atoms with van der Waals surface area (Å²) in [5, 5.41) is 0. The first kappa shape index (κ1) is 17.5. The predicted molar refractivity (Wildman–Crippen MR) is 101 cm³/mol. The van der Waals surface area contributed by atoms with Crippen LogP contribution in [0.3, 0.4) is 0 Å². The summed E-state index contributed by atoms with van der Waals surface area (Å²) < 4.78 is 24.1. The maximum absolute atomic E-state index is 13.1. The maximum atomic E-state index is 13.1. The number of ether oxygens (including phenoxy) is 2. The number of fused-ring (bicyclic) bond motifs is 1. The number of piperazine rings is 1. The van der Waals surface area contributed by atoms with Gasteiger partial charge in [-0.3, -0.25) is 9.69 Å². The van der Waals surface area contributed by atoms with Gasteiger partial charge in [-0.15, -0.1) is 0 Å². The summed E-state index contributed by atoms with van der Waals surface area (Å²) in [6.07, 6.45) is 3.37. The second-order valence-electron chi connectivity index (χ2n) is 6.62. The maximum Gasteiger partial charge on any atom is 0.176 e. The number of ketones is 1. The standard InChI is InChI=1S/C21H21FN2O3/c22-17-3-5-18(6-4-17)24-10-8-23(9-11-24)15-19(25)16-2-7-20-21(14-16)27-13-1-12-26-20/h1-7,12,14H,8-11,13,15H2. The Morgan fingerprint density at radius 2 is 1.78 bits per heavy atom. The number of benzene rings is 2. The Kier molecular flexibility index (Phi) is 5.07. The molecular weight excluding hydrogens is 347 g/mol. The minimum Gasteiger partial charge on any atom is -0.485 e. The van der Waals surface area contributed by atoms with Crippen LogP contribution in [-0.4, -0.2) is 50.0 Å². The van der Waals surface area contributed by atoms with Gasteiger partial charge in [-0.25, -0.2) is 4.39 Å². The van der Waals surface area contributed by atoms with Crippen molar-refractivity contribution >= 4 is 11.5 Å². The Hall–Kier alpha value is -2.86. The van der Waals surface area contributed by atoms with Gasteiger partial charge in [0.15, 0.2) is 17.3 Å². The molecule has 27 heavy (non-hydrogen) atoms.